The van der Waals surface area contributed by atoms with E-state index < -0.39 is 0 Å². The quantitative estimate of drug-likeness (QED) is 0.200. The highest BCUT2D eigenvalue weighted by atomic mass is 127. The van der Waals surface area contributed by atoms with Crippen molar-refractivity contribution in [2.75, 3.05) is 51.7 Å². The summed E-state index contributed by atoms with van der Waals surface area (Å²) in [6, 6.07) is 12.5. The van der Waals surface area contributed by atoms with Crippen molar-refractivity contribution in [2.24, 2.45) is 4.99 Å². The first-order valence-electron chi connectivity index (χ1n) is 11.4. The molecule has 0 spiro atoms. The number of aliphatic imine (C=N–C) groups is 1. The number of halogens is 1. The van der Waals surface area contributed by atoms with Gasteiger partial charge in [-0.2, -0.15) is 0 Å². The first-order valence-corrected chi connectivity index (χ1v) is 11.4. The minimum atomic E-state index is 0. The number of aromatic nitrogens is 3. The van der Waals surface area contributed by atoms with Crippen molar-refractivity contribution >= 4 is 46.8 Å². The average molecular weight is 563 g/mol. The van der Waals surface area contributed by atoms with Gasteiger partial charge in [-0.05, 0) is 50.2 Å². The van der Waals surface area contributed by atoms with E-state index >= 15 is 0 Å². The molecule has 0 radical (unpaired) electrons. The van der Waals surface area contributed by atoms with Gasteiger partial charge < -0.3 is 25.0 Å². The lowest BCUT2D eigenvalue weighted by atomic mass is 10.2. The third kappa shape index (κ3) is 6.57. The van der Waals surface area contributed by atoms with Gasteiger partial charge in [0.2, 0.25) is 0 Å². The Hall–Kier alpha value is -2.40. The summed E-state index contributed by atoms with van der Waals surface area (Å²) in [5, 5.41) is 6.85. The highest BCUT2D eigenvalue weighted by Gasteiger charge is 2.15. The first-order chi connectivity index (χ1) is 15.6. The number of aryl methyl sites for hydroxylation is 2. The predicted molar refractivity (Wildman–Crippen MR) is 147 cm³/mol. The summed E-state index contributed by atoms with van der Waals surface area (Å²) < 4.78 is 2.28. The molecule has 1 fully saturated rings. The van der Waals surface area contributed by atoms with E-state index in [1.54, 1.807) is 0 Å². The van der Waals surface area contributed by atoms with Crippen LogP contribution in [0.4, 0.5) is 5.82 Å². The molecule has 0 atom stereocenters. The van der Waals surface area contributed by atoms with Crippen molar-refractivity contribution in [3.63, 3.8) is 0 Å². The Morgan fingerprint density at radius 3 is 2.67 bits per heavy atom. The van der Waals surface area contributed by atoms with Crippen LogP contribution in [0.2, 0.25) is 0 Å². The van der Waals surface area contributed by atoms with Crippen LogP contribution < -0.4 is 15.5 Å². The molecule has 3 heterocycles. The minimum Gasteiger partial charge on any atom is -0.356 e. The maximum atomic E-state index is 4.65. The van der Waals surface area contributed by atoms with Crippen molar-refractivity contribution in [1.82, 2.24) is 30.1 Å². The highest BCUT2D eigenvalue weighted by Crippen LogP contribution is 2.16. The summed E-state index contributed by atoms with van der Waals surface area (Å²) in [5.41, 5.74) is 3.46. The van der Waals surface area contributed by atoms with Crippen molar-refractivity contribution in [3.8, 4) is 0 Å². The van der Waals surface area contributed by atoms with E-state index in [-0.39, 0.29) is 24.0 Å². The van der Waals surface area contributed by atoms with Crippen LogP contribution in [0, 0.1) is 6.92 Å². The number of imidazole rings is 1. The Morgan fingerprint density at radius 2 is 1.88 bits per heavy atom. The molecule has 0 aliphatic carbocycles. The second-order valence-corrected chi connectivity index (χ2v) is 8.32. The van der Waals surface area contributed by atoms with E-state index in [1.165, 1.54) is 11.1 Å². The van der Waals surface area contributed by atoms with Gasteiger partial charge >= 0.3 is 0 Å². The Bertz CT molecular complexity index is 1060. The summed E-state index contributed by atoms with van der Waals surface area (Å²) in [7, 11) is 3.98. The van der Waals surface area contributed by atoms with Gasteiger partial charge in [0, 0.05) is 59.1 Å². The van der Waals surface area contributed by atoms with Crippen LogP contribution in [0.5, 0.6) is 0 Å². The zero-order valence-electron chi connectivity index (χ0n) is 19.8. The number of benzene rings is 1. The summed E-state index contributed by atoms with van der Waals surface area (Å²) in [5.74, 6) is 2.93. The number of hydrogen-bond donors (Lipinski definition) is 2. The third-order valence-corrected chi connectivity index (χ3v) is 6.02. The van der Waals surface area contributed by atoms with E-state index in [9.17, 15) is 0 Å². The van der Waals surface area contributed by atoms with Crippen LogP contribution in [0.25, 0.3) is 11.0 Å². The lowest BCUT2D eigenvalue weighted by Gasteiger charge is -2.33. The lowest BCUT2D eigenvalue weighted by molar-refractivity contribution is 0.312. The molecule has 2 aromatic heterocycles. The van der Waals surface area contributed by atoms with E-state index in [0.29, 0.717) is 6.54 Å². The summed E-state index contributed by atoms with van der Waals surface area (Å²) >= 11 is 0. The number of nitrogens with one attached hydrogen (secondary N) is 2. The lowest BCUT2D eigenvalue weighted by Crippen LogP contribution is -2.44. The average Bonchev–Trinajstić information content (AvgIpc) is 3.14. The monoisotopic (exact) mass is 562 g/mol. The number of piperazine rings is 1. The molecule has 1 aliphatic rings. The van der Waals surface area contributed by atoms with E-state index in [0.717, 1.165) is 68.8 Å². The van der Waals surface area contributed by atoms with E-state index in [2.05, 4.69) is 84.3 Å². The number of anilines is 1. The Kier molecular flexibility index (Phi) is 9.30. The normalized spacial score (nSPS) is 14.9. The number of nitrogens with zero attached hydrogens (tertiary/aromatic N) is 6. The van der Waals surface area contributed by atoms with E-state index in [1.807, 2.05) is 19.3 Å². The van der Waals surface area contributed by atoms with Gasteiger partial charge in [0.15, 0.2) is 5.96 Å². The summed E-state index contributed by atoms with van der Waals surface area (Å²) in [4.78, 5) is 18.3. The zero-order chi connectivity index (χ0) is 22.3. The van der Waals surface area contributed by atoms with E-state index in [4.69, 9.17) is 0 Å². The Balaban J connectivity index is 0.00000306. The number of fused-ring (bicyclic) bond motifs is 1. The van der Waals surface area contributed by atoms with Crippen LogP contribution in [-0.4, -0.2) is 72.2 Å². The molecule has 0 bridgehead atoms. The number of hydrogen-bond acceptors (Lipinski definition) is 5. The number of para-hydroxylation sites is 2. The van der Waals surface area contributed by atoms with Gasteiger partial charge in [-0.15, -0.1) is 24.0 Å². The fraction of sp³-hybridized carbons (Fsp3) is 0.458. The fourth-order valence-corrected chi connectivity index (χ4v) is 4.11. The van der Waals surface area contributed by atoms with Crippen LogP contribution in [0.3, 0.4) is 0 Å². The maximum absolute atomic E-state index is 4.65. The SMILES string of the molecule is CN=C(NCCCn1c(C)nc2ccccc21)NCc1ccnc(N2CCN(C)CC2)c1.I. The van der Waals surface area contributed by atoms with Gasteiger partial charge in [-0.1, -0.05) is 12.1 Å². The third-order valence-electron chi connectivity index (χ3n) is 6.02. The molecule has 178 valence electrons. The van der Waals surface area contributed by atoms with Gasteiger partial charge in [0.1, 0.15) is 11.6 Å². The topological polar surface area (TPSA) is 73.6 Å². The summed E-state index contributed by atoms with van der Waals surface area (Å²) in [6.45, 7) is 8.76. The second-order valence-electron chi connectivity index (χ2n) is 8.32. The first kappa shape index (κ1) is 25.2. The molecule has 0 amide bonds. The molecule has 1 aromatic carbocycles. The summed E-state index contributed by atoms with van der Waals surface area (Å²) in [6.07, 6.45) is 2.89. The molecule has 2 N–H and O–H groups in total. The molecule has 0 unspecified atom stereocenters. The van der Waals surface area contributed by atoms with Crippen LogP contribution in [-0.2, 0) is 13.1 Å². The fourth-order valence-electron chi connectivity index (χ4n) is 4.11. The van der Waals surface area contributed by atoms with Crippen molar-refractivity contribution < 1.29 is 0 Å². The number of rotatable bonds is 7. The van der Waals surface area contributed by atoms with Gasteiger partial charge in [0.25, 0.3) is 0 Å². The van der Waals surface area contributed by atoms with Gasteiger partial charge in [0.05, 0.1) is 11.0 Å². The van der Waals surface area contributed by atoms with Crippen LogP contribution in [0.1, 0.15) is 17.8 Å². The van der Waals surface area contributed by atoms with Crippen LogP contribution >= 0.6 is 24.0 Å². The highest BCUT2D eigenvalue weighted by molar-refractivity contribution is 14.0. The molecule has 9 heteroatoms. The molecule has 8 nitrogen and oxygen atoms in total. The standard InChI is InChI=1S/C24H34N8.HI/c1-19-29-21-7-4-5-8-22(21)32(19)12-6-10-27-24(25-2)28-18-20-9-11-26-23(17-20)31-15-13-30(3)14-16-31;/h4-5,7-9,11,17H,6,10,12-16,18H2,1-3H3,(H2,25,27,28);1H. The van der Waals surface area contributed by atoms with Gasteiger partial charge in [-0.3, -0.25) is 4.99 Å². The number of guanidine groups is 1. The van der Waals surface area contributed by atoms with Crippen LogP contribution in [0.15, 0.2) is 47.6 Å². The van der Waals surface area contributed by atoms with Gasteiger partial charge in [-0.25, -0.2) is 9.97 Å². The number of likely N-dealkylation sites (N-methyl/N-ethyl adjacent to an activating group) is 1. The smallest absolute Gasteiger partial charge is 0.191 e. The van der Waals surface area contributed by atoms with Crippen molar-refractivity contribution in [2.45, 2.75) is 26.4 Å². The largest absolute Gasteiger partial charge is 0.356 e. The molecule has 3 aromatic rings. The molecular weight excluding hydrogens is 527 g/mol. The predicted octanol–water partition coefficient (Wildman–Crippen LogP) is 2.86. The Labute approximate surface area is 213 Å². The molecular formula is C24H35IN8. The second kappa shape index (κ2) is 12.2. The van der Waals surface area contributed by atoms with Crippen molar-refractivity contribution in [3.05, 3.63) is 54.0 Å². The molecule has 4 rings (SSSR count). The molecule has 1 aliphatic heterocycles. The van der Waals surface area contributed by atoms with Crippen molar-refractivity contribution in [1.29, 1.82) is 0 Å². The maximum Gasteiger partial charge on any atom is 0.191 e. The molecule has 1 saturated heterocycles. The molecule has 33 heavy (non-hydrogen) atoms. The Morgan fingerprint density at radius 1 is 1.09 bits per heavy atom. The minimum absolute atomic E-state index is 0. The molecule has 0 saturated carbocycles. The number of pyridine rings is 1. The zero-order valence-corrected chi connectivity index (χ0v) is 22.1.